The van der Waals surface area contributed by atoms with Crippen LogP contribution in [0.5, 0.6) is 5.75 Å². The molecule has 26 heavy (non-hydrogen) atoms. The van der Waals surface area contributed by atoms with E-state index in [2.05, 4.69) is 34.5 Å². The molecule has 3 rings (SSSR count). The smallest absolute Gasteiger partial charge is 0.149 e. The highest BCUT2D eigenvalue weighted by Gasteiger charge is 2.14. The van der Waals surface area contributed by atoms with Crippen molar-refractivity contribution in [3.8, 4) is 5.75 Å². The molecular weight excluding hydrogens is 330 g/mol. The summed E-state index contributed by atoms with van der Waals surface area (Å²) in [5, 5.41) is 12.4. The second-order valence-corrected chi connectivity index (χ2v) is 6.70. The Morgan fingerprint density at radius 2 is 1.69 bits per heavy atom. The van der Waals surface area contributed by atoms with Gasteiger partial charge in [-0.25, -0.2) is 0 Å². The van der Waals surface area contributed by atoms with Gasteiger partial charge in [0.1, 0.15) is 12.0 Å². The van der Waals surface area contributed by atoms with Gasteiger partial charge in [-0.05, 0) is 31.4 Å². The lowest BCUT2D eigenvalue weighted by Crippen LogP contribution is -2.45. The fourth-order valence-corrected chi connectivity index (χ4v) is 2.77. The Morgan fingerprint density at radius 3 is 2.27 bits per heavy atom. The number of rotatable bonds is 4. The van der Waals surface area contributed by atoms with E-state index in [1.54, 1.807) is 0 Å². The van der Waals surface area contributed by atoms with E-state index in [1.165, 1.54) is 38.0 Å². The van der Waals surface area contributed by atoms with Crippen molar-refractivity contribution in [3.63, 3.8) is 0 Å². The van der Waals surface area contributed by atoms with Gasteiger partial charge in [-0.3, -0.25) is 0 Å². The number of anilines is 1. The van der Waals surface area contributed by atoms with Gasteiger partial charge in [0.25, 0.3) is 0 Å². The van der Waals surface area contributed by atoms with Gasteiger partial charge in [-0.2, -0.15) is 0 Å². The third-order valence-corrected chi connectivity index (χ3v) is 4.12. The largest absolute Gasteiger partial charge is 0.406 e. The third kappa shape index (κ3) is 8.65. The summed E-state index contributed by atoms with van der Waals surface area (Å²) >= 11 is 0. The molecular formula is C20H35N3O3. The lowest BCUT2D eigenvalue weighted by Gasteiger charge is -2.30. The zero-order valence-corrected chi connectivity index (χ0v) is 16.5. The number of nitrogens with one attached hydrogen (secondary N) is 1. The molecule has 0 bridgehead atoms. The first-order valence-electron chi connectivity index (χ1n) is 9.57. The van der Waals surface area contributed by atoms with Gasteiger partial charge in [0, 0.05) is 64.0 Å². The van der Waals surface area contributed by atoms with E-state index in [-0.39, 0.29) is 5.92 Å². The molecule has 0 aliphatic carbocycles. The Bertz CT molecular complexity index is 485. The van der Waals surface area contributed by atoms with Crippen molar-refractivity contribution in [2.75, 3.05) is 51.3 Å². The molecule has 0 aromatic heterocycles. The molecule has 6 nitrogen and oxygen atoms in total. The predicted octanol–water partition coefficient (Wildman–Crippen LogP) is 2.33. The van der Waals surface area contributed by atoms with Crippen molar-refractivity contribution in [3.05, 3.63) is 24.3 Å². The number of aliphatic hydroxyl groups excluding tert-OH is 1. The number of aliphatic hydroxyl groups is 1. The van der Waals surface area contributed by atoms with E-state index in [1.807, 2.05) is 18.9 Å². The minimum absolute atomic E-state index is 0.204. The second-order valence-electron chi connectivity index (χ2n) is 6.70. The molecule has 2 aliphatic rings. The minimum Gasteiger partial charge on any atom is -0.406 e. The highest BCUT2D eigenvalue weighted by molar-refractivity contribution is 5.51. The van der Waals surface area contributed by atoms with Gasteiger partial charge >= 0.3 is 0 Å². The Labute approximate surface area is 158 Å². The van der Waals surface area contributed by atoms with Gasteiger partial charge in [-0.1, -0.05) is 19.9 Å². The molecule has 1 aromatic carbocycles. The van der Waals surface area contributed by atoms with Gasteiger partial charge in [0.15, 0.2) is 0 Å². The Balaban J connectivity index is 0.000000420. The summed E-state index contributed by atoms with van der Waals surface area (Å²) in [4.78, 5) is 17.9. The molecule has 2 saturated heterocycles. The Kier molecular flexibility index (Phi) is 11.7. The fraction of sp³-hybridized carbons (Fsp3) is 0.650. The molecule has 0 atom stereocenters. The lowest BCUT2D eigenvalue weighted by molar-refractivity contribution is -0.110. The number of piperazine rings is 1. The molecule has 0 radical (unpaired) electrons. The van der Waals surface area contributed by atoms with E-state index in [0.29, 0.717) is 0 Å². The van der Waals surface area contributed by atoms with Crippen LogP contribution in [0.4, 0.5) is 5.69 Å². The maximum Gasteiger partial charge on any atom is 0.149 e. The molecule has 0 unspecified atom stereocenters. The Morgan fingerprint density at radius 1 is 1.08 bits per heavy atom. The Hall–Kier alpha value is -1.63. The number of benzene rings is 1. The maximum atomic E-state index is 9.50. The van der Waals surface area contributed by atoms with Crippen molar-refractivity contribution < 1.29 is 14.7 Å². The molecule has 2 fully saturated rings. The van der Waals surface area contributed by atoms with Crippen LogP contribution in [0.1, 0.15) is 33.1 Å². The summed E-state index contributed by atoms with van der Waals surface area (Å²) in [6.07, 6.45) is 4.90. The highest BCUT2D eigenvalue weighted by atomic mass is 16.7. The van der Waals surface area contributed by atoms with Crippen LogP contribution in [0, 0.1) is 5.92 Å². The number of piperidine rings is 1. The lowest BCUT2D eigenvalue weighted by atomic mass is 10.1. The minimum atomic E-state index is 0.204. The first-order valence-corrected chi connectivity index (χ1v) is 9.57. The summed E-state index contributed by atoms with van der Waals surface area (Å²) < 4.78 is 0. The first kappa shape index (κ1) is 22.4. The van der Waals surface area contributed by atoms with Crippen LogP contribution in [-0.2, 0) is 4.79 Å². The normalized spacial score (nSPS) is 17.5. The number of hydroxylamine groups is 2. The SMILES string of the molecule is CC(C)C=O.CO.c1cc(ON2CCNCC2)cc(N2CCCCC2)c1. The van der Waals surface area contributed by atoms with Crippen LogP contribution in [0.15, 0.2) is 24.3 Å². The van der Waals surface area contributed by atoms with Gasteiger partial charge < -0.3 is 25.0 Å². The highest BCUT2D eigenvalue weighted by Crippen LogP contribution is 2.24. The van der Waals surface area contributed by atoms with Crippen molar-refractivity contribution in [1.82, 2.24) is 10.4 Å². The fourth-order valence-electron chi connectivity index (χ4n) is 2.77. The molecule has 0 saturated carbocycles. The average molecular weight is 366 g/mol. The molecule has 148 valence electrons. The molecule has 1 aromatic rings. The zero-order valence-electron chi connectivity index (χ0n) is 16.5. The topological polar surface area (TPSA) is 65.0 Å². The molecule has 2 heterocycles. The monoisotopic (exact) mass is 365 g/mol. The molecule has 6 heteroatoms. The number of nitrogens with zero attached hydrogens (tertiary/aromatic N) is 2. The summed E-state index contributed by atoms with van der Waals surface area (Å²) in [5.41, 5.74) is 1.30. The van der Waals surface area contributed by atoms with Crippen LogP contribution in [0.3, 0.4) is 0 Å². The standard InChI is InChI=1S/C15H23N3O.C4H8O.CH4O/c1-2-9-17(10-3-1)14-5-4-6-15(13-14)19-18-11-7-16-8-12-18;1-4(2)3-5;1-2/h4-6,13,16H,1-3,7-12H2;3-4H,1-2H3;2H,1H3. The van der Waals surface area contributed by atoms with Crippen molar-refractivity contribution in [1.29, 1.82) is 0 Å². The number of aldehydes is 1. The van der Waals surface area contributed by atoms with Crippen LogP contribution >= 0.6 is 0 Å². The third-order valence-electron chi connectivity index (χ3n) is 4.12. The molecule has 0 amide bonds. The molecule has 0 spiro atoms. The summed E-state index contributed by atoms with van der Waals surface area (Å²) in [5.74, 6) is 1.17. The summed E-state index contributed by atoms with van der Waals surface area (Å²) in [6.45, 7) is 9.98. The van der Waals surface area contributed by atoms with E-state index in [9.17, 15) is 4.79 Å². The molecule has 2 N–H and O–H groups in total. The van der Waals surface area contributed by atoms with Crippen molar-refractivity contribution in [2.24, 2.45) is 5.92 Å². The van der Waals surface area contributed by atoms with Crippen molar-refractivity contribution >= 4 is 12.0 Å². The quantitative estimate of drug-likeness (QED) is 0.799. The number of hydrogen-bond donors (Lipinski definition) is 2. The number of carbonyl (C=O) groups is 1. The van der Waals surface area contributed by atoms with Crippen LogP contribution in [0.2, 0.25) is 0 Å². The van der Waals surface area contributed by atoms with E-state index >= 15 is 0 Å². The predicted molar refractivity (Wildman–Crippen MR) is 107 cm³/mol. The zero-order chi connectivity index (χ0) is 19.2. The van der Waals surface area contributed by atoms with E-state index < -0.39 is 0 Å². The van der Waals surface area contributed by atoms with E-state index in [0.717, 1.165) is 45.3 Å². The van der Waals surface area contributed by atoms with Gasteiger partial charge in [-0.15, -0.1) is 5.06 Å². The summed E-state index contributed by atoms with van der Waals surface area (Å²) in [7, 11) is 1.00. The van der Waals surface area contributed by atoms with Crippen LogP contribution in [-0.4, -0.2) is 62.8 Å². The van der Waals surface area contributed by atoms with Gasteiger partial charge in [0.2, 0.25) is 0 Å². The number of carbonyl (C=O) groups excluding carboxylic acids is 1. The number of hydrogen-bond acceptors (Lipinski definition) is 6. The maximum absolute atomic E-state index is 9.50. The van der Waals surface area contributed by atoms with Crippen LogP contribution in [0.25, 0.3) is 0 Å². The van der Waals surface area contributed by atoms with E-state index in [4.69, 9.17) is 9.94 Å². The average Bonchev–Trinajstić information content (AvgIpc) is 2.71. The van der Waals surface area contributed by atoms with Crippen molar-refractivity contribution in [2.45, 2.75) is 33.1 Å². The summed E-state index contributed by atoms with van der Waals surface area (Å²) in [6, 6.07) is 8.51. The first-order chi connectivity index (χ1) is 12.7. The molecule has 2 aliphatic heterocycles. The van der Waals surface area contributed by atoms with Gasteiger partial charge in [0.05, 0.1) is 0 Å². The second kappa shape index (κ2) is 13.6. The van der Waals surface area contributed by atoms with Crippen LogP contribution < -0.4 is 15.1 Å².